The Morgan fingerprint density at radius 1 is 1.08 bits per heavy atom. The Bertz CT molecular complexity index is 444. The van der Waals surface area contributed by atoms with E-state index in [4.69, 9.17) is 0 Å². The van der Waals surface area contributed by atoms with Crippen LogP contribution in [0.25, 0.3) is 0 Å². The van der Waals surface area contributed by atoms with Crippen LogP contribution in [0.5, 0.6) is 0 Å². The fourth-order valence-electron chi connectivity index (χ4n) is 4.34. The van der Waals surface area contributed by atoms with Crippen LogP contribution in [0.4, 0.5) is 9.18 Å². The fraction of sp³-hybridized carbons (Fsp3) is 0.889. The van der Waals surface area contributed by atoms with Gasteiger partial charge in [0.15, 0.2) is 0 Å². The Kier molecular flexibility index (Phi) is 5.95. The van der Waals surface area contributed by atoms with Gasteiger partial charge in [-0.3, -0.25) is 9.18 Å². The Morgan fingerprint density at radius 2 is 1.75 bits per heavy atom. The first kappa shape index (κ1) is 17.5. The van der Waals surface area contributed by atoms with Crippen LogP contribution in [-0.4, -0.2) is 60.1 Å². The number of hydrogen-bond donors (Lipinski definition) is 1. The molecule has 1 aliphatic carbocycles. The molecule has 2 saturated heterocycles. The van der Waals surface area contributed by atoms with Crippen molar-refractivity contribution in [3.63, 3.8) is 0 Å². The predicted molar refractivity (Wildman–Crippen MR) is 90.4 cm³/mol. The molecule has 24 heavy (non-hydrogen) atoms. The van der Waals surface area contributed by atoms with E-state index in [1.54, 1.807) is 0 Å². The average molecular weight is 339 g/mol. The maximum Gasteiger partial charge on any atom is 0.317 e. The molecule has 2 heterocycles. The highest BCUT2D eigenvalue weighted by atomic mass is 19.1. The normalized spacial score (nSPS) is 27.4. The standard InChI is InChI=1S/C18H30FN3O2/c19-12-14-11-17(23)22(13-14)16-7-9-21(10-8-16)18(24)20-15-5-3-1-2-4-6-15/h14-16H,1-13H2,(H,20,24). The quantitative estimate of drug-likeness (QED) is 0.804. The second-order valence-electron chi connectivity index (χ2n) is 7.63. The molecule has 3 fully saturated rings. The summed E-state index contributed by atoms with van der Waals surface area (Å²) in [5.74, 6) is -0.0481. The first-order chi connectivity index (χ1) is 11.7. The number of amides is 3. The van der Waals surface area contributed by atoms with Gasteiger partial charge in [-0.05, 0) is 25.7 Å². The first-order valence-corrected chi connectivity index (χ1v) is 9.58. The van der Waals surface area contributed by atoms with E-state index in [9.17, 15) is 14.0 Å². The zero-order valence-electron chi connectivity index (χ0n) is 14.5. The lowest BCUT2D eigenvalue weighted by atomic mass is 10.0. The Balaban J connectivity index is 1.44. The molecule has 1 saturated carbocycles. The number of rotatable bonds is 3. The number of nitrogens with zero attached hydrogens (tertiary/aromatic N) is 2. The number of piperidine rings is 1. The third-order valence-corrected chi connectivity index (χ3v) is 5.83. The van der Waals surface area contributed by atoms with Gasteiger partial charge in [0.1, 0.15) is 0 Å². The summed E-state index contributed by atoms with van der Waals surface area (Å²) in [5.41, 5.74) is 0. The Hall–Kier alpha value is -1.33. The first-order valence-electron chi connectivity index (χ1n) is 9.58. The van der Waals surface area contributed by atoms with Crippen LogP contribution >= 0.6 is 0 Å². The van der Waals surface area contributed by atoms with E-state index in [1.165, 1.54) is 25.7 Å². The molecule has 3 amide bonds. The summed E-state index contributed by atoms with van der Waals surface area (Å²) in [6.45, 7) is 1.51. The highest BCUT2D eigenvalue weighted by Crippen LogP contribution is 2.26. The number of carbonyl (C=O) groups is 2. The van der Waals surface area contributed by atoms with Gasteiger partial charge in [-0.1, -0.05) is 25.7 Å². The van der Waals surface area contributed by atoms with E-state index in [0.717, 1.165) is 25.7 Å². The number of hydrogen-bond acceptors (Lipinski definition) is 2. The van der Waals surface area contributed by atoms with Gasteiger partial charge in [0.05, 0.1) is 6.67 Å². The van der Waals surface area contributed by atoms with Crippen LogP contribution in [0.1, 0.15) is 57.8 Å². The molecule has 0 radical (unpaired) electrons. The highest BCUT2D eigenvalue weighted by Gasteiger charge is 2.36. The lowest BCUT2D eigenvalue weighted by molar-refractivity contribution is -0.130. The van der Waals surface area contributed by atoms with Crippen LogP contribution in [0.15, 0.2) is 0 Å². The maximum absolute atomic E-state index is 12.8. The van der Waals surface area contributed by atoms with Crippen LogP contribution in [-0.2, 0) is 4.79 Å². The zero-order chi connectivity index (χ0) is 16.9. The molecule has 0 spiro atoms. The number of urea groups is 1. The van der Waals surface area contributed by atoms with Crippen molar-refractivity contribution in [2.75, 3.05) is 26.3 Å². The number of carbonyl (C=O) groups excluding carboxylic acids is 2. The van der Waals surface area contributed by atoms with Gasteiger partial charge >= 0.3 is 6.03 Å². The summed E-state index contributed by atoms with van der Waals surface area (Å²) in [6, 6.07) is 0.550. The second kappa shape index (κ2) is 8.17. The van der Waals surface area contributed by atoms with E-state index < -0.39 is 6.67 Å². The summed E-state index contributed by atoms with van der Waals surface area (Å²) < 4.78 is 12.8. The van der Waals surface area contributed by atoms with E-state index in [1.807, 2.05) is 9.80 Å². The van der Waals surface area contributed by atoms with Gasteiger partial charge < -0.3 is 15.1 Å². The summed E-state index contributed by atoms with van der Waals surface area (Å²) in [4.78, 5) is 28.2. The topological polar surface area (TPSA) is 52.7 Å². The van der Waals surface area contributed by atoms with Crippen LogP contribution in [0, 0.1) is 5.92 Å². The van der Waals surface area contributed by atoms with Gasteiger partial charge in [-0.2, -0.15) is 0 Å². The minimum absolute atomic E-state index is 0.0507. The maximum atomic E-state index is 12.8. The molecule has 136 valence electrons. The van der Waals surface area contributed by atoms with Crippen molar-refractivity contribution in [1.82, 2.24) is 15.1 Å². The van der Waals surface area contributed by atoms with Gasteiger partial charge in [-0.25, -0.2) is 4.79 Å². The molecule has 2 aliphatic heterocycles. The largest absolute Gasteiger partial charge is 0.339 e. The second-order valence-corrected chi connectivity index (χ2v) is 7.63. The number of alkyl halides is 1. The lowest BCUT2D eigenvalue weighted by Gasteiger charge is -2.37. The Labute approximate surface area is 143 Å². The Morgan fingerprint density at radius 3 is 2.33 bits per heavy atom. The van der Waals surface area contributed by atoms with Crippen molar-refractivity contribution in [2.24, 2.45) is 5.92 Å². The summed E-state index contributed by atoms with van der Waals surface area (Å²) >= 11 is 0. The van der Waals surface area contributed by atoms with Crippen LogP contribution in [0.2, 0.25) is 0 Å². The van der Waals surface area contributed by atoms with Gasteiger partial charge in [0, 0.05) is 44.1 Å². The molecule has 1 unspecified atom stereocenters. The van der Waals surface area contributed by atoms with Crippen molar-refractivity contribution < 1.29 is 14.0 Å². The molecular formula is C18H30FN3O2. The monoisotopic (exact) mass is 339 g/mol. The number of nitrogens with one attached hydrogen (secondary N) is 1. The fourth-order valence-corrected chi connectivity index (χ4v) is 4.34. The van der Waals surface area contributed by atoms with Gasteiger partial charge in [0.25, 0.3) is 0 Å². The minimum Gasteiger partial charge on any atom is -0.339 e. The molecule has 0 aromatic heterocycles. The van der Waals surface area contributed by atoms with Crippen molar-refractivity contribution in [1.29, 1.82) is 0 Å². The van der Waals surface area contributed by atoms with E-state index in [0.29, 0.717) is 32.1 Å². The van der Waals surface area contributed by atoms with Gasteiger partial charge in [0.2, 0.25) is 5.91 Å². The summed E-state index contributed by atoms with van der Waals surface area (Å²) in [5, 5.41) is 3.19. The third-order valence-electron chi connectivity index (χ3n) is 5.83. The number of likely N-dealkylation sites (tertiary alicyclic amines) is 2. The van der Waals surface area contributed by atoms with Gasteiger partial charge in [-0.15, -0.1) is 0 Å². The molecule has 0 bridgehead atoms. The summed E-state index contributed by atoms with van der Waals surface area (Å²) in [7, 11) is 0. The van der Waals surface area contributed by atoms with E-state index in [2.05, 4.69) is 5.32 Å². The smallest absolute Gasteiger partial charge is 0.317 e. The van der Waals surface area contributed by atoms with Crippen LogP contribution in [0.3, 0.4) is 0 Å². The molecule has 3 aliphatic rings. The molecule has 0 aromatic carbocycles. The van der Waals surface area contributed by atoms with Crippen LogP contribution < -0.4 is 5.32 Å². The predicted octanol–water partition coefficient (Wildman–Crippen LogP) is 2.70. The molecule has 1 atom stereocenters. The third kappa shape index (κ3) is 4.19. The van der Waals surface area contributed by atoms with Crippen molar-refractivity contribution in [3.05, 3.63) is 0 Å². The lowest BCUT2D eigenvalue weighted by Crippen LogP contribution is -2.51. The highest BCUT2D eigenvalue weighted by molar-refractivity contribution is 5.79. The SMILES string of the molecule is O=C(NC1CCCCCC1)N1CCC(N2CC(CF)CC2=O)CC1. The van der Waals surface area contributed by atoms with E-state index >= 15 is 0 Å². The minimum atomic E-state index is -0.412. The average Bonchev–Trinajstić information content (AvgIpc) is 2.80. The number of halogens is 1. The molecular weight excluding hydrogens is 309 g/mol. The molecule has 6 heteroatoms. The molecule has 3 rings (SSSR count). The molecule has 0 aromatic rings. The van der Waals surface area contributed by atoms with Crippen molar-refractivity contribution in [3.8, 4) is 0 Å². The molecule has 1 N–H and O–H groups in total. The van der Waals surface area contributed by atoms with Crippen molar-refractivity contribution in [2.45, 2.75) is 69.9 Å². The van der Waals surface area contributed by atoms with Crippen molar-refractivity contribution >= 4 is 11.9 Å². The molecule has 5 nitrogen and oxygen atoms in total. The zero-order valence-corrected chi connectivity index (χ0v) is 14.5. The van der Waals surface area contributed by atoms with E-state index in [-0.39, 0.29) is 23.9 Å². The summed E-state index contributed by atoms with van der Waals surface area (Å²) in [6.07, 6.45) is 9.12.